The Morgan fingerprint density at radius 2 is 1.57 bits per heavy atom. The van der Waals surface area contributed by atoms with Crippen molar-refractivity contribution in [1.82, 2.24) is 9.88 Å². The van der Waals surface area contributed by atoms with E-state index in [1.165, 1.54) is 4.90 Å². The highest BCUT2D eigenvalue weighted by Gasteiger charge is 2.36. The lowest BCUT2D eigenvalue weighted by molar-refractivity contribution is 0.0646. The summed E-state index contributed by atoms with van der Waals surface area (Å²) in [6, 6.07) is 15.1. The second-order valence-corrected chi connectivity index (χ2v) is 5.96. The summed E-state index contributed by atoms with van der Waals surface area (Å²) in [6.45, 7) is 2.42. The van der Waals surface area contributed by atoms with Crippen molar-refractivity contribution in [2.24, 2.45) is 0 Å². The van der Waals surface area contributed by atoms with Crippen molar-refractivity contribution in [2.75, 3.05) is 6.54 Å². The Labute approximate surface area is 133 Å². The van der Waals surface area contributed by atoms with E-state index in [-0.39, 0.29) is 17.7 Å². The van der Waals surface area contributed by atoms with Gasteiger partial charge in [-0.25, -0.2) is 0 Å². The van der Waals surface area contributed by atoms with Crippen molar-refractivity contribution in [2.45, 2.75) is 12.8 Å². The first kappa shape index (κ1) is 13.8. The number of benzene rings is 2. The van der Waals surface area contributed by atoms with E-state index >= 15 is 0 Å². The van der Waals surface area contributed by atoms with E-state index in [2.05, 4.69) is 11.1 Å². The molecule has 0 fully saturated rings. The molecular formula is C19H16N2O2. The van der Waals surface area contributed by atoms with Crippen LogP contribution in [0.3, 0.4) is 0 Å². The number of aromatic amines is 1. The third-order valence-corrected chi connectivity index (χ3v) is 4.49. The van der Waals surface area contributed by atoms with E-state index in [0.29, 0.717) is 17.7 Å². The van der Waals surface area contributed by atoms with Gasteiger partial charge in [-0.2, -0.15) is 0 Å². The fourth-order valence-electron chi connectivity index (χ4n) is 3.28. The molecule has 0 saturated carbocycles. The predicted octanol–water partition coefficient (Wildman–Crippen LogP) is 3.57. The molecule has 4 rings (SSSR count). The molecule has 0 radical (unpaired) electrons. The first-order valence-corrected chi connectivity index (χ1v) is 7.68. The van der Waals surface area contributed by atoms with Gasteiger partial charge in [-0.3, -0.25) is 14.5 Å². The number of hydrogen-bond donors (Lipinski definition) is 1. The number of para-hydroxylation sites is 1. The van der Waals surface area contributed by atoms with Crippen molar-refractivity contribution >= 4 is 22.7 Å². The molecule has 23 heavy (non-hydrogen) atoms. The number of nitrogens with zero attached hydrogens (tertiary/aromatic N) is 1. The number of hydrogen-bond acceptors (Lipinski definition) is 2. The van der Waals surface area contributed by atoms with Gasteiger partial charge in [-0.05, 0) is 23.8 Å². The van der Waals surface area contributed by atoms with Crippen LogP contribution in [0.4, 0.5) is 0 Å². The van der Waals surface area contributed by atoms with E-state index in [4.69, 9.17) is 0 Å². The Morgan fingerprint density at radius 3 is 2.26 bits per heavy atom. The number of carbonyl (C=O) groups is 2. The molecule has 1 aromatic heterocycles. The summed E-state index contributed by atoms with van der Waals surface area (Å²) in [7, 11) is 0. The standard InChI is InChI=1S/C19H16N2O2/c1-12(16-10-20-17-9-5-4-6-13(16)17)11-21-18(22)14-7-2-3-8-15(14)19(21)23/h2-10,12,20H,11H2,1H3. The van der Waals surface area contributed by atoms with Crippen LogP contribution in [0, 0.1) is 0 Å². The molecule has 0 spiro atoms. The SMILES string of the molecule is CC(CN1C(=O)c2ccccc2C1=O)c1c[nH]c2ccccc12. The fourth-order valence-corrected chi connectivity index (χ4v) is 3.28. The second kappa shape index (κ2) is 5.09. The van der Waals surface area contributed by atoms with Gasteiger partial charge in [0.15, 0.2) is 0 Å². The Bertz CT molecular complexity index is 891. The Kier molecular flexibility index (Phi) is 3.05. The molecule has 0 bridgehead atoms. The third-order valence-electron chi connectivity index (χ3n) is 4.49. The molecule has 114 valence electrons. The molecule has 0 saturated heterocycles. The van der Waals surface area contributed by atoms with E-state index in [1.54, 1.807) is 24.3 Å². The molecule has 0 aliphatic carbocycles. The number of fused-ring (bicyclic) bond motifs is 2. The first-order chi connectivity index (χ1) is 11.2. The van der Waals surface area contributed by atoms with Crippen LogP contribution >= 0.6 is 0 Å². The maximum Gasteiger partial charge on any atom is 0.261 e. The Balaban J connectivity index is 1.64. The average molecular weight is 304 g/mol. The van der Waals surface area contributed by atoms with Gasteiger partial charge >= 0.3 is 0 Å². The van der Waals surface area contributed by atoms with Gasteiger partial charge in [0.2, 0.25) is 0 Å². The van der Waals surface area contributed by atoms with Crippen molar-refractivity contribution in [3.05, 3.63) is 71.4 Å². The summed E-state index contributed by atoms with van der Waals surface area (Å²) in [5.41, 5.74) is 3.20. The number of rotatable bonds is 3. The van der Waals surface area contributed by atoms with Gasteiger partial charge in [0, 0.05) is 29.6 Å². The third kappa shape index (κ3) is 2.06. The van der Waals surface area contributed by atoms with Gasteiger partial charge in [-0.15, -0.1) is 0 Å². The van der Waals surface area contributed by atoms with Crippen LogP contribution in [0.5, 0.6) is 0 Å². The van der Waals surface area contributed by atoms with E-state index < -0.39 is 0 Å². The highest BCUT2D eigenvalue weighted by molar-refractivity contribution is 6.21. The zero-order chi connectivity index (χ0) is 16.0. The molecule has 1 aliphatic heterocycles. The number of amides is 2. The average Bonchev–Trinajstić information content (AvgIpc) is 3.11. The summed E-state index contributed by atoms with van der Waals surface area (Å²) in [4.78, 5) is 29.5. The van der Waals surface area contributed by atoms with Crippen LogP contribution in [0.1, 0.15) is 39.1 Å². The molecule has 4 nitrogen and oxygen atoms in total. The van der Waals surface area contributed by atoms with Crippen molar-refractivity contribution < 1.29 is 9.59 Å². The number of carbonyl (C=O) groups excluding carboxylic acids is 2. The van der Waals surface area contributed by atoms with Gasteiger partial charge in [-0.1, -0.05) is 37.3 Å². The van der Waals surface area contributed by atoms with Crippen molar-refractivity contribution in [1.29, 1.82) is 0 Å². The van der Waals surface area contributed by atoms with Crippen LogP contribution in [-0.2, 0) is 0 Å². The minimum Gasteiger partial charge on any atom is -0.361 e. The normalized spacial score (nSPS) is 15.3. The summed E-state index contributed by atoms with van der Waals surface area (Å²) in [5.74, 6) is -0.331. The molecule has 2 aromatic carbocycles. The predicted molar refractivity (Wildman–Crippen MR) is 88.5 cm³/mol. The molecule has 1 atom stereocenters. The monoisotopic (exact) mass is 304 g/mol. The molecule has 2 amide bonds. The molecule has 1 unspecified atom stereocenters. The number of imide groups is 1. The molecule has 4 heteroatoms. The van der Waals surface area contributed by atoms with Gasteiger partial charge in [0.05, 0.1) is 11.1 Å². The van der Waals surface area contributed by atoms with Crippen LogP contribution in [0.15, 0.2) is 54.7 Å². The minimum atomic E-state index is -0.197. The summed E-state index contributed by atoms with van der Waals surface area (Å²) in [5, 5.41) is 1.14. The second-order valence-electron chi connectivity index (χ2n) is 5.96. The Hall–Kier alpha value is -2.88. The summed E-state index contributed by atoms with van der Waals surface area (Å²) < 4.78 is 0. The smallest absolute Gasteiger partial charge is 0.261 e. The summed E-state index contributed by atoms with van der Waals surface area (Å²) in [6.07, 6.45) is 1.97. The maximum absolute atomic E-state index is 12.5. The topological polar surface area (TPSA) is 53.2 Å². The zero-order valence-electron chi connectivity index (χ0n) is 12.7. The summed E-state index contributed by atoms with van der Waals surface area (Å²) >= 11 is 0. The van der Waals surface area contributed by atoms with Crippen molar-refractivity contribution in [3.63, 3.8) is 0 Å². The van der Waals surface area contributed by atoms with Crippen LogP contribution in [-0.4, -0.2) is 28.2 Å². The molecule has 1 N–H and O–H groups in total. The first-order valence-electron chi connectivity index (χ1n) is 7.68. The number of H-pyrrole nitrogens is 1. The maximum atomic E-state index is 12.5. The lowest BCUT2D eigenvalue weighted by Gasteiger charge is -2.19. The van der Waals surface area contributed by atoms with Gasteiger partial charge < -0.3 is 4.98 Å². The molecular weight excluding hydrogens is 288 g/mol. The molecule has 2 heterocycles. The van der Waals surface area contributed by atoms with Gasteiger partial charge in [0.25, 0.3) is 11.8 Å². The van der Waals surface area contributed by atoms with E-state index in [9.17, 15) is 9.59 Å². The highest BCUT2D eigenvalue weighted by Crippen LogP contribution is 2.29. The van der Waals surface area contributed by atoms with Gasteiger partial charge in [0.1, 0.15) is 0 Å². The number of nitrogens with one attached hydrogen (secondary N) is 1. The highest BCUT2D eigenvalue weighted by atomic mass is 16.2. The lowest BCUT2D eigenvalue weighted by Crippen LogP contribution is -2.33. The lowest BCUT2D eigenvalue weighted by atomic mass is 10.00. The minimum absolute atomic E-state index is 0.0633. The van der Waals surface area contributed by atoms with Crippen LogP contribution < -0.4 is 0 Å². The molecule has 3 aromatic rings. The van der Waals surface area contributed by atoms with E-state index in [1.807, 2.05) is 31.3 Å². The fraction of sp³-hybridized carbons (Fsp3) is 0.158. The van der Waals surface area contributed by atoms with Crippen molar-refractivity contribution in [3.8, 4) is 0 Å². The zero-order valence-corrected chi connectivity index (χ0v) is 12.7. The van der Waals surface area contributed by atoms with E-state index in [0.717, 1.165) is 16.5 Å². The largest absolute Gasteiger partial charge is 0.361 e. The molecule has 1 aliphatic rings. The van der Waals surface area contributed by atoms with Crippen LogP contribution in [0.2, 0.25) is 0 Å². The quantitative estimate of drug-likeness (QED) is 0.752. The Morgan fingerprint density at radius 1 is 0.957 bits per heavy atom. The number of aromatic nitrogens is 1. The van der Waals surface area contributed by atoms with Crippen LogP contribution in [0.25, 0.3) is 10.9 Å².